The number of hydrogen-bond donors (Lipinski definition) is 3. The summed E-state index contributed by atoms with van der Waals surface area (Å²) in [5.41, 5.74) is 3.07. The molecule has 3 heterocycles. The number of aromatic nitrogens is 4. The number of nitrogens with one attached hydrogen (secondary N) is 3. The summed E-state index contributed by atoms with van der Waals surface area (Å²) in [6, 6.07) is 15.3. The van der Waals surface area contributed by atoms with E-state index >= 15 is 0 Å². The molecule has 0 bridgehead atoms. The summed E-state index contributed by atoms with van der Waals surface area (Å²) < 4.78 is 0. The van der Waals surface area contributed by atoms with E-state index in [0.29, 0.717) is 18.2 Å². The summed E-state index contributed by atoms with van der Waals surface area (Å²) in [4.78, 5) is 19.5. The van der Waals surface area contributed by atoms with Crippen molar-refractivity contribution < 1.29 is 4.79 Å². The second-order valence-electron chi connectivity index (χ2n) is 6.10. The third-order valence-electron chi connectivity index (χ3n) is 4.18. The van der Waals surface area contributed by atoms with Crippen LogP contribution < -0.4 is 10.6 Å². The predicted molar refractivity (Wildman–Crippen MR) is 104 cm³/mol. The summed E-state index contributed by atoms with van der Waals surface area (Å²) in [5.74, 6) is 0.933. The van der Waals surface area contributed by atoms with E-state index in [1.165, 1.54) is 0 Å². The predicted octanol–water partition coefficient (Wildman–Crippen LogP) is 3.15. The zero-order chi connectivity index (χ0) is 18.5. The first kappa shape index (κ1) is 16.7. The van der Waals surface area contributed by atoms with Crippen LogP contribution in [0.2, 0.25) is 0 Å². The second kappa shape index (κ2) is 7.65. The number of fused-ring (bicyclic) bond motifs is 1. The fraction of sp³-hybridized carbons (Fsp3) is 0.100. The minimum absolute atomic E-state index is 0.133. The number of aromatic amines is 1. The summed E-state index contributed by atoms with van der Waals surface area (Å²) in [6.07, 6.45) is 5.62. The minimum atomic E-state index is -0.133. The molecule has 0 fully saturated rings. The van der Waals surface area contributed by atoms with Crippen LogP contribution in [0, 0.1) is 0 Å². The van der Waals surface area contributed by atoms with Crippen molar-refractivity contribution in [3.63, 3.8) is 0 Å². The number of anilines is 2. The highest BCUT2D eigenvalue weighted by Gasteiger charge is 2.09. The molecule has 4 rings (SSSR count). The van der Waals surface area contributed by atoms with Crippen LogP contribution in [-0.2, 0) is 17.8 Å². The van der Waals surface area contributed by atoms with Gasteiger partial charge in [0.2, 0.25) is 5.91 Å². The molecule has 0 radical (unpaired) electrons. The molecule has 7 heteroatoms. The highest BCUT2D eigenvalue weighted by molar-refractivity contribution is 5.95. The standard InChI is InChI=1S/C20H18N6O/c27-20(11-15-13-22-17-4-2-1-3-16(15)17)24-19-6-5-18(25-26-19)23-12-14-7-9-21-10-8-14/h1-10,13,22H,11-12H2,(H,23,25)(H,24,26,27). The van der Waals surface area contributed by atoms with Gasteiger partial charge in [0.15, 0.2) is 5.82 Å². The third kappa shape index (κ3) is 4.09. The summed E-state index contributed by atoms with van der Waals surface area (Å²) in [5, 5.41) is 15.2. The van der Waals surface area contributed by atoms with E-state index in [0.717, 1.165) is 22.0 Å². The van der Waals surface area contributed by atoms with Crippen LogP contribution in [0.1, 0.15) is 11.1 Å². The van der Waals surface area contributed by atoms with Crippen LogP contribution in [0.25, 0.3) is 10.9 Å². The number of para-hydroxylation sites is 1. The van der Waals surface area contributed by atoms with Gasteiger partial charge in [-0.3, -0.25) is 9.78 Å². The third-order valence-corrected chi connectivity index (χ3v) is 4.18. The highest BCUT2D eigenvalue weighted by atomic mass is 16.1. The van der Waals surface area contributed by atoms with Crippen LogP contribution in [-0.4, -0.2) is 26.1 Å². The molecular formula is C20H18N6O. The van der Waals surface area contributed by atoms with Crippen molar-refractivity contribution in [3.05, 3.63) is 78.2 Å². The Hall–Kier alpha value is -3.74. The van der Waals surface area contributed by atoms with Gasteiger partial charge in [0.1, 0.15) is 5.82 Å². The maximum Gasteiger partial charge on any atom is 0.230 e. The van der Waals surface area contributed by atoms with E-state index in [2.05, 4.69) is 30.8 Å². The van der Waals surface area contributed by atoms with Crippen LogP contribution in [0.3, 0.4) is 0 Å². The van der Waals surface area contributed by atoms with Crippen molar-refractivity contribution >= 4 is 28.4 Å². The van der Waals surface area contributed by atoms with E-state index in [4.69, 9.17) is 0 Å². The first-order valence-corrected chi connectivity index (χ1v) is 8.59. The van der Waals surface area contributed by atoms with Crippen molar-refractivity contribution in [1.29, 1.82) is 0 Å². The minimum Gasteiger partial charge on any atom is -0.365 e. The van der Waals surface area contributed by atoms with Gasteiger partial charge in [-0.05, 0) is 41.5 Å². The number of hydrogen-bond acceptors (Lipinski definition) is 5. The molecule has 27 heavy (non-hydrogen) atoms. The molecule has 0 atom stereocenters. The lowest BCUT2D eigenvalue weighted by Crippen LogP contribution is -2.15. The average molecular weight is 358 g/mol. The van der Waals surface area contributed by atoms with Gasteiger partial charge < -0.3 is 15.6 Å². The molecule has 0 spiro atoms. The molecule has 1 aromatic carbocycles. The number of nitrogens with zero attached hydrogens (tertiary/aromatic N) is 3. The molecule has 7 nitrogen and oxygen atoms in total. The smallest absolute Gasteiger partial charge is 0.230 e. The molecule has 3 N–H and O–H groups in total. The van der Waals surface area contributed by atoms with E-state index in [-0.39, 0.29) is 12.3 Å². The van der Waals surface area contributed by atoms with E-state index in [9.17, 15) is 4.79 Å². The van der Waals surface area contributed by atoms with Gasteiger partial charge in [-0.25, -0.2) is 0 Å². The number of carbonyl (C=O) groups is 1. The van der Waals surface area contributed by atoms with Crippen LogP contribution >= 0.6 is 0 Å². The Morgan fingerprint density at radius 3 is 2.56 bits per heavy atom. The first-order chi connectivity index (χ1) is 13.3. The second-order valence-corrected chi connectivity index (χ2v) is 6.10. The van der Waals surface area contributed by atoms with Crippen LogP contribution in [0.4, 0.5) is 11.6 Å². The van der Waals surface area contributed by atoms with Gasteiger partial charge in [-0.15, -0.1) is 10.2 Å². The number of benzene rings is 1. The largest absolute Gasteiger partial charge is 0.365 e. The average Bonchev–Trinajstić information content (AvgIpc) is 3.11. The molecule has 4 aromatic rings. The summed E-state index contributed by atoms with van der Waals surface area (Å²) in [7, 11) is 0. The molecule has 0 unspecified atom stereocenters. The number of carbonyl (C=O) groups excluding carboxylic acids is 1. The lowest BCUT2D eigenvalue weighted by Gasteiger charge is -2.06. The summed E-state index contributed by atoms with van der Waals surface area (Å²) in [6.45, 7) is 0.628. The molecule has 3 aromatic heterocycles. The molecule has 0 saturated heterocycles. The molecule has 0 aliphatic carbocycles. The molecule has 0 aliphatic heterocycles. The maximum atomic E-state index is 12.3. The number of rotatable bonds is 6. The molecular weight excluding hydrogens is 340 g/mol. The van der Waals surface area contributed by atoms with Gasteiger partial charge in [-0.1, -0.05) is 18.2 Å². The molecule has 0 aliphatic rings. The van der Waals surface area contributed by atoms with Crippen molar-refractivity contribution in [2.24, 2.45) is 0 Å². The van der Waals surface area contributed by atoms with Crippen LogP contribution in [0.15, 0.2) is 67.1 Å². The normalized spacial score (nSPS) is 10.7. The maximum absolute atomic E-state index is 12.3. The number of pyridine rings is 1. The fourth-order valence-electron chi connectivity index (χ4n) is 2.82. The SMILES string of the molecule is O=C(Cc1c[nH]c2ccccc12)Nc1ccc(NCc2ccncc2)nn1. The Morgan fingerprint density at radius 1 is 0.963 bits per heavy atom. The Balaban J connectivity index is 1.34. The van der Waals surface area contributed by atoms with E-state index < -0.39 is 0 Å². The molecule has 0 saturated carbocycles. The van der Waals surface area contributed by atoms with Crippen molar-refractivity contribution in [1.82, 2.24) is 20.2 Å². The topological polar surface area (TPSA) is 95.6 Å². The van der Waals surface area contributed by atoms with Gasteiger partial charge in [0.25, 0.3) is 0 Å². The van der Waals surface area contributed by atoms with Gasteiger partial charge in [-0.2, -0.15) is 0 Å². The van der Waals surface area contributed by atoms with Crippen molar-refractivity contribution in [3.8, 4) is 0 Å². The monoisotopic (exact) mass is 358 g/mol. The Bertz CT molecular complexity index is 1040. The number of H-pyrrole nitrogens is 1. The first-order valence-electron chi connectivity index (χ1n) is 8.59. The van der Waals surface area contributed by atoms with Gasteiger partial charge in [0.05, 0.1) is 6.42 Å². The Morgan fingerprint density at radius 2 is 1.74 bits per heavy atom. The van der Waals surface area contributed by atoms with Gasteiger partial charge in [0, 0.05) is 36.0 Å². The zero-order valence-corrected chi connectivity index (χ0v) is 14.5. The molecule has 134 valence electrons. The van der Waals surface area contributed by atoms with Crippen molar-refractivity contribution in [2.45, 2.75) is 13.0 Å². The Labute approximate surface area is 155 Å². The van der Waals surface area contributed by atoms with Gasteiger partial charge >= 0.3 is 0 Å². The lowest BCUT2D eigenvalue weighted by molar-refractivity contribution is -0.115. The van der Waals surface area contributed by atoms with E-state index in [1.54, 1.807) is 24.5 Å². The highest BCUT2D eigenvalue weighted by Crippen LogP contribution is 2.18. The van der Waals surface area contributed by atoms with Crippen LogP contribution in [0.5, 0.6) is 0 Å². The van der Waals surface area contributed by atoms with E-state index in [1.807, 2.05) is 42.6 Å². The Kier molecular flexibility index (Phi) is 4.74. The quantitative estimate of drug-likeness (QED) is 0.492. The zero-order valence-electron chi connectivity index (χ0n) is 14.5. The number of amides is 1. The fourth-order valence-corrected chi connectivity index (χ4v) is 2.82. The van der Waals surface area contributed by atoms with Crippen molar-refractivity contribution in [2.75, 3.05) is 10.6 Å². The molecule has 1 amide bonds. The summed E-state index contributed by atoms with van der Waals surface area (Å²) >= 11 is 0. The lowest BCUT2D eigenvalue weighted by atomic mass is 10.1.